The van der Waals surface area contributed by atoms with E-state index in [9.17, 15) is 14.0 Å². The monoisotopic (exact) mass is 458 g/mol. The molecule has 2 aromatic carbocycles. The molecule has 0 radical (unpaired) electrons. The number of anilines is 2. The number of carbonyl (C=O) groups is 2. The third-order valence-electron chi connectivity index (χ3n) is 5.02. The summed E-state index contributed by atoms with van der Waals surface area (Å²) in [7, 11) is 0. The topological polar surface area (TPSA) is 65.5 Å². The van der Waals surface area contributed by atoms with E-state index < -0.39 is 5.82 Å². The maximum Gasteiger partial charge on any atom is 0.257 e. The molecule has 0 atom stereocenters. The zero-order valence-corrected chi connectivity index (χ0v) is 18.1. The van der Waals surface area contributed by atoms with Crippen molar-refractivity contribution in [2.24, 2.45) is 0 Å². The Morgan fingerprint density at radius 3 is 2.55 bits per heavy atom. The van der Waals surface area contributed by atoms with Crippen molar-refractivity contribution in [1.82, 2.24) is 9.88 Å². The van der Waals surface area contributed by atoms with Crippen LogP contribution in [0.2, 0.25) is 5.02 Å². The Balaban J connectivity index is 1.29. The second-order valence-corrected chi connectivity index (χ2v) is 8.42. The van der Waals surface area contributed by atoms with Crippen LogP contribution in [0.4, 0.5) is 15.2 Å². The van der Waals surface area contributed by atoms with Crippen molar-refractivity contribution < 1.29 is 14.0 Å². The van der Waals surface area contributed by atoms with Crippen LogP contribution in [0.15, 0.2) is 53.9 Å². The second-order valence-electron chi connectivity index (χ2n) is 7.13. The molecule has 1 aliphatic rings. The minimum atomic E-state index is -0.403. The normalized spacial score (nSPS) is 13.9. The molecule has 3 aromatic rings. The van der Waals surface area contributed by atoms with Crippen LogP contribution in [0.5, 0.6) is 0 Å². The summed E-state index contributed by atoms with van der Waals surface area (Å²) < 4.78 is 13.0. The van der Waals surface area contributed by atoms with Gasteiger partial charge in [0.2, 0.25) is 5.91 Å². The van der Waals surface area contributed by atoms with Gasteiger partial charge < -0.3 is 9.80 Å². The van der Waals surface area contributed by atoms with Gasteiger partial charge in [0.25, 0.3) is 5.91 Å². The number of aromatic nitrogens is 1. The molecule has 0 saturated carbocycles. The van der Waals surface area contributed by atoms with Crippen LogP contribution in [0, 0.1) is 5.82 Å². The minimum Gasteiger partial charge on any atom is -0.368 e. The Bertz CT molecular complexity index is 1080. The molecule has 2 heterocycles. The average Bonchev–Trinajstić information content (AvgIpc) is 3.21. The molecular formula is C22H20ClFN4O2S. The third-order valence-corrected chi connectivity index (χ3v) is 6.06. The van der Waals surface area contributed by atoms with Crippen molar-refractivity contribution in [3.63, 3.8) is 0 Å². The number of amides is 2. The first kappa shape index (κ1) is 21.3. The number of hydrogen-bond donors (Lipinski definition) is 1. The Morgan fingerprint density at radius 1 is 1.10 bits per heavy atom. The summed E-state index contributed by atoms with van der Waals surface area (Å²) in [6.07, 6.45) is 0.181. The summed E-state index contributed by atoms with van der Waals surface area (Å²) in [6, 6.07) is 13.0. The van der Waals surface area contributed by atoms with Crippen molar-refractivity contribution in [3.05, 3.63) is 76.0 Å². The SMILES string of the molecule is O=C(Nc1nc(CC(=O)N2CCN(c3cccc(Cl)c3)CC2)cs1)c1ccc(F)cc1. The predicted molar refractivity (Wildman–Crippen MR) is 120 cm³/mol. The molecular weight excluding hydrogens is 439 g/mol. The van der Waals surface area contributed by atoms with Crippen LogP contribution in [0.3, 0.4) is 0 Å². The highest BCUT2D eigenvalue weighted by molar-refractivity contribution is 7.14. The van der Waals surface area contributed by atoms with E-state index in [4.69, 9.17) is 11.6 Å². The minimum absolute atomic E-state index is 0.00690. The Hall–Kier alpha value is -2.97. The van der Waals surface area contributed by atoms with E-state index in [1.807, 2.05) is 29.2 Å². The van der Waals surface area contributed by atoms with Gasteiger partial charge in [-0.05, 0) is 42.5 Å². The van der Waals surface area contributed by atoms with Gasteiger partial charge in [0.1, 0.15) is 5.82 Å². The van der Waals surface area contributed by atoms with Gasteiger partial charge in [0.05, 0.1) is 12.1 Å². The van der Waals surface area contributed by atoms with Gasteiger partial charge in [-0.15, -0.1) is 11.3 Å². The van der Waals surface area contributed by atoms with E-state index in [0.29, 0.717) is 34.5 Å². The molecule has 1 aromatic heterocycles. The van der Waals surface area contributed by atoms with Crippen LogP contribution >= 0.6 is 22.9 Å². The number of halogens is 2. The van der Waals surface area contributed by atoms with Crippen LogP contribution in [0.25, 0.3) is 0 Å². The first-order chi connectivity index (χ1) is 15.0. The van der Waals surface area contributed by atoms with E-state index >= 15 is 0 Å². The molecule has 9 heteroatoms. The van der Waals surface area contributed by atoms with Gasteiger partial charge in [0, 0.05) is 47.8 Å². The quantitative estimate of drug-likeness (QED) is 0.625. The lowest BCUT2D eigenvalue weighted by atomic mass is 10.2. The van der Waals surface area contributed by atoms with E-state index in [-0.39, 0.29) is 18.2 Å². The van der Waals surface area contributed by atoms with Gasteiger partial charge in [0.15, 0.2) is 5.13 Å². The number of hydrogen-bond acceptors (Lipinski definition) is 5. The van der Waals surface area contributed by atoms with Crippen molar-refractivity contribution in [1.29, 1.82) is 0 Å². The van der Waals surface area contributed by atoms with E-state index in [1.165, 1.54) is 35.6 Å². The summed E-state index contributed by atoms with van der Waals surface area (Å²) in [6.45, 7) is 2.73. The zero-order valence-electron chi connectivity index (χ0n) is 16.6. The van der Waals surface area contributed by atoms with Crippen molar-refractivity contribution in [2.75, 3.05) is 36.4 Å². The van der Waals surface area contributed by atoms with E-state index in [1.54, 1.807) is 5.38 Å². The number of benzene rings is 2. The summed E-state index contributed by atoms with van der Waals surface area (Å²) >= 11 is 7.32. The average molecular weight is 459 g/mol. The molecule has 0 aliphatic carbocycles. The summed E-state index contributed by atoms with van der Waals surface area (Å²) in [4.78, 5) is 33.3. The number of nitrogens with zero attached hydrogens (tertiary/aromatic N) is 3. The summed E-state index contributed by atoms with van der Waals surface area (Å²) in [5.41, 5.74) is 2.01. The fourth-order valence-electron chi connectivity index (χ4n) is 3.37. The van der Waals surface area contributed by atoms with Gasteiger partial charge in [-0.1, -0.05) is 17.7 Å². The molecule has 6 nitrogen and oxygen atoms in total. The zero-order chi connectivity index (χ0) is 21.8. The molecule has 1 saturated heterocycles. The number of piperazine rings is 1. The molecule has 1 fully saturated rings. The molecule has 1 aliphatic heterocycles. The first-order valence-electron chi connectivity index (χ1n) is 9.77. The fourth-order valence-corrected chi connectivity index (χ4v) is 4.26. The predicted octanol–water partition coefficient (Wildman–Crippen LogP) is 4.08. The molecule has 31 heavy (non-hydrogen) atoms. The fraction of sp³-hybridized carbons (Fsp3) is 0.227. The van der Waals surface area contributed by atoms with Gasteiger partial charge in [-0.25, -0.2) is 9.37 Å². The number of thiazole rings is 1. The molecule has 0 bridgehead atoms. The van der Waals surface area contributed by atoms with Gasteiger partial charge >= 0.3 is 0 Å². The summed E-state index contributed by atoms with van der Waals surface area (Å²) in [5, 5.41) is 5.55. The summed E-state index contributed by atoms with van der Waals surface area (Å²) in [5.74, 6) is -0.767. The highest BCUT2D eigenvalue weighted by Gasteiger charge is 2.22. The number of rotatable bonds is 5. The highest BCUT2D eigenvalue weighted by Crippen LogP contribution is 2.22. The van der Waals surface area contributed by atoms with Gasteiger partial charge in [-0.2, -0.15) is 0 Å². The Kier molecular flexibility index (Phi) is 6.48. The second kappa shape index (κ2) is 9.45. The standard InChI is InChI=1S/C22H20ClFN4O2S/c23-16-2-1-3-19(12-16)27-8-10-28(11-9-27)20(29)13-18-14-31-22(25-18)26-21(30)15-4-6-17(24)7-5-15/h1-7,12,14H,8-11,13H2,(H,25,26,30). The lowest BCUT2D eigenvalue weighted by Gasteiger charge is -2.36. The van der Waals surface area contributed by atoms with Gasteiger partial charge in [-0.3, -0.25) is 14.9 Å². The van der Waals surface area contributed by atoms with Crippen molar-refractivity contribution in [3.8, 4) is 0 Å². The van der Waals surface area contributed by atoms with Crippen LogP contribution in [0.1, 0.15) is 16.1 Å². The highest BCUT2D eigenvalue weighted by atomic mass is 35.5. The Labute approximate surface area is 188 Å². The first-order valence-corrected chi connectivity index (χ1v) is 11.0. The van der Waals surface area contributed by atoms with E-state index in [2.05, 4.69) is 15.2 Å². The third kappa shape index (κ3) is 5.39. The number of carbonyl (C=O) groups excluding carboxylic acids is 2. The van der Waals surface area contributed by atoms with Crippen LogP contribution in [-0.4, -0.2) is 47.9 Å². The number of nitrogens with one attached hydrogen (secondary N) is 1. The maximum atomic E-state index is 13.0. The molecule has 160 valence electrons. The smallest absolute Gasteiger partial charge is 0.257 e. The lowest BCUT2D eigenvalue weighted by molar-refractivity contribution is -0.130. The van der Waals surface area contributed by atoms with Crippen LogP contribution < -0.4 is 10.2 Å². The molecule has 2 amide bonds. The van der Waals surface area contributed by atoms with Crippen molar-refractivity contribution in [2.45, 2.75) is 6.42 Å². The lowest BCUT2D eigenvalue weighted by Crippen LogP contribution is -2.49. The van der Waals surface area contributed by atoms with Crippen LogP contribution in [-0.2, 0) is 11.2 Å². The molecule has 4 rings (SSSR count). The largest absolute Gasteiger partial charge is 0.368 e. The maximum absolute atomic E-state index is 13.0. The van der Waals surface area contributed by atoms with E-state index in [0.717, 1.165) is 18.8 Å². The molecule has 0 unspecified atom stereocenters. The molecule has 1 N–H and O–H groups in total. The van der Waals surface area contributed by atoms with Crippen molar-refractivity contribution >= 4 is 45.6 Å². The Morgan fingerprint density at radius 2 is 1.84 bits per heavy atom. The molecule has 0 spiro atoms.